The van der Waals surface area contributed by atoms with Crippen molar-refractivity contribution in [1.29, 1.82) is 0 Å². The lowest BCUT2D eigenvalue weighted by Gasteiger charge is -2.18. The van der Waals surface area contributed by atoms with E-state index >= 15 is 0 Å². The topological polar surface area (TPSA) is 32.7 Å². The van der Waals surface area contributed by atoms with Gasteiger partial charge in [0, 0.05) is 17.9 Å². The maximum atomic E-state index is 13.7. The minimum atomic E-state index is -4.52. The van der Waals surface area contributed by atoms with Crippen LogP contribution in [0.25, 0.3) is 0 Å². The highest BCUT2D eigenvalue weighted by Crippen LogP contribution is 2.30. The zero-order valence-corrected chi connectivity index (χ0v) is 14.3. The Labute approximate surface area is 151 Å². The number of amidine groups is 1. The second-order valence-electron chi connectivity index (χ2n) is 5.58. The van der Waals surface area contributed by atoms with Crippen LogP contribution in [0, 0.1) is 5.82 Å². The minimum absolute atomic E-state index is 0.0547. The fourth-order valence-electron chi connectivity index (χ4n) is 2.48. The number of halogens is 4. The van der Waals surface area contributed by atoms with Gasteiger partial charge in [0.15, 0.2) is 5.17 Å². The number of aliphatic imine (C=N–C) groups is 1. The first kappa shape index (κ1) is 18.4. The molecular weight excluding hydrogens is 368 g/mol. The van der Waals surface area contributed by atoms with E-state index < -0.39 is 17.6 Å². The summed E-state index contributed by atoms with van der Waals surface area (Å²) >= 11 is 1.19. The minimum Gasteiger partial charge on any atom is -0.286 e. The average molecular weight is 382 g/mol. The van der Waals surface area contributed by atoms with Gasteiger partial charge in [-0.3, -0.25) is 14.7 Å². The highest BCUT2D eigenvalue weighted by atomic mass is 32.2. The van der Waals surface area contributed by atoms with Gasteiger partial charge in [-0.05, 0) is 29.8 Å². The molecule has 1 heterocycles. The fraction of sp³-hybridized carbons (Fsp3) is 0.222. The first-order valence-corrected chi connectivity index (χ1v) is 8.74. The number of nitrogens with zero attached hydrogens (tertiary/aromatic N) is 2. The summed E-state index contributed by atoms with van der Waals surface area (Å²) in [4.78, 5) is 18.2. The van der Waals surface area contributed by atoms with Crippen LogP contribution < -0.4 is 0 Å². The standard InChI is InChI=1S/C18H14F4N2OS/c19-15-7-2-1-4-13(15)11-26-17-23-8-9-24(17)16(25)12-5-3-6-14(10-12)18(20,21)22/h1-7,10H,8-9,11H2. The van der Waals surface area contributed by atoms with Gasteiger partial charge in [0.25, 0.3) is 5.91 Å². The van der Waals surface area contributed by atoms with E-state index in [1.807, 2.05) is 0 Å². The van der Waals surface area contributed by atoms with Gasteiger partial charge < -0.3 is 0 Å². The van der Waals surface area contributed by atoms with Crippen molar-refractivity contribution in [3.8, 4) is 0 Å². The first-order chi connectivity index (χ1) is 12.4. The lowest BCUT2D eigenvalue weighted by atomic mass is 10.1. The molecule has 2 aromatic carbocycles. The Kier molecular flexibility index (Phi) is 5.31. The van der Waals surface area contributed by atoms with Gasteiger partial charge >= 0.3 is 6.18 Å². The molecule has 1 amide bonds. The van der Waals surface area contributed by atoms with Gasteiger partial charge in [-0.2, -0.15) is 13.2 Å². The Hall–Kier alpha value is -2.35. The second kappa shape index (κ2) is 7.49. The maximum Gasteiger partial charge on any atom is 0.416 e. The number of carbonyl (C=O) groups excluding carboxylic acids is 1. The van der Waals surface area contributed by atoms with Crippen LogP contribution in [0.5, 0.6) is 0 Å². The smallest absolute Gasteiger partial charge is 0.286 e. The quantitative estimate of drug-likeness (QED) is 0.728. The SMILES string of the molecule is O=C(c1cccc(C(F)(F)F)c1)N1CCN=C1SCc1ccccc1F. The Morgan fingerprint density at radius 3 is 2.65 bits per heavy atom. The van der Waals surface area contributed by atoms with E-state index in [-0.39, 0.29) is 23.7 Å². The van der Waals surface area contributed by atoms with Gasteiger partial charge in [-0.25, -0.2) is 4.39 Å². The van der Waals surface area contributed by atoms with Crippen molar-refractivity contribution in [3.63, 3.8) is 0 Å². The molecule has 0 spiro atoms. The largest absolute Gasteiger partial charge is 0.416 e. The van der Waals surface area contributed by atoms with Crippen molar-refractivity contribution in [2.24, 2.45) is 4.99 Å². The monoisotopic (exact) mass is 382 g/mol. The normalized spacial score (nSPS) is 14.5. The van der Waals surface area contributed by atoms with Gasteiger partial charge in [0.05, 0.1) is 12.1 Å². The summed E-state index contributed by atoms with van der Waals surface area (Å²) < 4.78 is 52.2. The molecule has 1 aliphatic heterocycles. The van der Waals surface area contributed by atoms with Gasteiger partial charge in [0.1, 0.15) is 5.82 Å². The Morgan fingerprint density at radius 2 is 1.92 bits per heavy atom. The molecule has 26 heavy (non-hydrogen) atoms. The molecule has 1 aliphatic rings. The summed E-state index contributed by atoms with van der Waals surface area (Å²) in [6, 6.07) is 10.6. The summed E-state index contributed by atoms with van der Waals surface area (Å²) in [5.74, 6) is -0.625. The van der Waals surface area contributed by atoms with Crippen LogP contribution in [0.2, 0.25) is 0 Å². The van der Waals surface area contributed by atoms with Crippen LogP contribution in [0.3, 0.4) is 0 Å². The van der Waals surface area contributed by atoms with Crippen LogP contribution in [-0.4, -0.2) is 29.1 Å². The second-order valence-corrected chi connectivity index (χ2v) is 6.52. The fourth-order valence-corrected chi connectivity index (χ4v) is 3.51. The Bertz CT molecular complexity index is 851. The summed E-state index contributed by atoms with van der Waals surface area (Å²) in [5, 5.41) is 0.385. The molecule has 0 N–H and O–H groups in total. The van der Waals surface area contributed by atoms with E-state index in [9.17, 15) is 22.4 Å². The van der Waals surface area contributed by atoms with E-state index in [2.05, 4.69) is 4.99 Å². The van der Waals surface area contributed by atoms with E-state index in [1.54, 1.807) is 18.2 Å². The molecule has 3 nitrogen and oxygen atoms in total. The van der Waals surface area contributed by atoms with E-state index in [1.165, 1.54) is 34.9 Å². The zero-order chi connectivity index (χ0) is 18.7. The molecule has 8 heteroatoms. The summed E-state index contributed by atoms with van der Waals surface area (Å²) in [7, 11) is 0. The molecule has 0 unspecified atom stereocenters. The highest BCUT2D eigenvalue weighted by Gasteiger charge is 2.32. The van der Waals surface area contributed by atoms with Crippen LogP contribution in [0.15, 0.2) is 53.5 Å². The highest BCUT2D eigenvalue weighted by molar-refractivity contribution is 8.13. The van der Waals surface area contributed by atoms with Crippen LogP contribution in [-0.2, 0) is 11.9 Å². The van der Waals surface area contributed by atoms with Gasteiger partial charge in [-0.1, -0.05) is 36.0 Å². The molecule has 0 atom stereocenters. The molecule has 0 bridgehead atoms. The molecule has 0 aliphatic carbocycles. The average Bonchev–Trinajstić information content (AvgIpc) is 3.08. The van der Waals surface area contributed by atoms with Crippen LogP contribution in [0.1, 0.15) is 21.5 Å². The Balaban J connectivity index is 1.73. The molecular formula is C18H14F4N2OS. The van der Waals surface area contributed by atoms with Crippen molar-refractivity contribution < 1.29 is 22.4 Å². The van der Waals surface area contributed by atoms with Crippen molar-refractivity contribution in [1.82, 2.24) is 4.90 Å². The molecule has 136 valence electrons. The number of alkyl halides is 3. The number of carbonyl (C=O) groups is 1. The molecule has 0 radical (unpaired) electrons. The molecule has 3 rings (SSSR count). The number of rotatable bonds is 3. The predicted molar refractivity (Wildman–Crippen MR) is 92.5 cm³/mol. The van der Waals surface area contributed by atoms with Gasteiger partial charge in [-0.15, -0.1) is 0 Å². The lowest BCUT2D eigenvalue weighted by molar-refractivity contribution is -0.137. The molecule has 0 saturated carbocycles. The lowest BCUT2D eigenvalue weighted by Crippen LogP contribution is -2.33. The summed E-state index contributed by atoms with van der Waals surface area (Å²) in [6.45, 7) is 0.652. The van der Waals surface area contributed by atoms with Crippen molar-refractivity contribution in [2.75, 3.05) is 13.1 Å². The third kappa shape index (κ3) is 4.07. The molecule has 2 aromatic rings. The summed E-state index contributed by atoms with van der Waals surface area (Å²) in [6.07, 6.45) is -4.52. The van der Waals surface area contributed by atoms with Crippen LogP contribution in [0.4, 0.5) is 17.6 Å². The zero-order valence-electron chi connectivity index (χ0n) is 13.5. The van der Waals surface area contributed by atoms with E-state index in [0.717, 1.165) is 12.1 Å². The molecule has 0 aromatic heterocycles. The number of thioether (sulfide) groups is 1. The van der Waals surface area contributed by atoms with Crippen LogP contribution >= 0.6 is 11.8 Å². The number of benzene rings is 2. The maximum absolute atomic E-state index is 13.7. The number of amides is 1. The van der Waals surface area contributed by atoms with Gasteiger partial charge in [0.2, 0.25) is 0 Å². The Morgan fingerprint density at radius 1 is 1.15 bits per heavy atom. The third-order valence-electron chi connectivity index (χ3n) is 3.80. The van der Waals surface area contributed by atoms with Crippen molar-refractivity contribution in [3.05, 3.63) is 71.0 Å². The third-order valence-corrected chi connectivity index (χ3v) is 4.86. The first-order valence-electron chi connectivity index (χ1n) is 7.76. The summed E-state index contributed by atoms with van der Waals surface area (Å²) in [5.41, 5.74) is -0.459. The van der Waals surface area contributed by atoms with E-state index in [4.69, 9.17) is 0 Å². The molecule has 0 saturated heterocycles. The molecule has 0 fully saturated rings. The predicted octanol–water partition coefficient (Wildman–Crippen LogP) is 4.59. The number of hydrogen-bond acceptors (Lipinski definition) is 3. The van der Waals surface area contributed by atoms with Crippen molar-refractivity contribution in [2.45, 2.75) is 11.9 Å². The number of hydrogen-bond donors (Lipinski definition) is 0. The van der Waals surface area contributed by atoms with Crippen molar-refractivity contribution >= 4 is 22.8 Å². The van der Waals surface area contributed by atoms with E-state index in [0.29, 0.717) is 17.3 Å².